The molecule has 0 radical (unpaired) electrons. The summed E-state index contributed by atoms with van der Waals surface area (Å²) < 4.78 is 23.3. The summed E-state index contributed by atoms with van der Waals surface area (Å²) in [5, 5.41) is -0.0801. The largest absolute Gasteiger partial charge is 0.466 e. The van der Waals surface area contributed by atoms with Crippen molar-refractivity contribution in [2.75, 3.05) is 52.3 Å². The van der Waals surface area contributed by atoms with Gasteiger partial charge in [0.25, 0.3) is 0 Å². The molecule has 1 aliphatic heterocycles. The lowest BCUT2D eigenvalue weighted by atomic mass is 10.2. The Morgan fingerprint density at radius 1 is 1.24 bits per heavy atom. The number of nitrogens with zero attached hydrogens (tertiary/aromatic N) is 2. The standard InChI is InChI=1S/C21H31FN2O4S/c1-3-28-20(26)6-4-11-23(12-5-14-27-2)16-19(25)24-13-15-29-21(24)17-7-9-18(22)10-8-17/h7-10,21H,3-6,11-16H2,1-2H3. The molecule has 1 heterocycles. The maximum Gasteiger partial charge on any atom is 0.305 e. The van der Waals surface area contributed by atoms with Crippen molar-refractivity contribution in [3.63, 3.8) is 0 Å². The van der Waals surface area contributed by atoms with Gasteiger partial charge in [-0.05, 0) is 44.0 Å². The topological polar surface area (TPSA) is 59.1 Å². The molecule has 6 nitrogen and oxygen atoms in total. The molecular formula is C21H31FN2O4S. The van der Waals surface area contributed by atoms with Gasteiger partial charge in [-0.3, -0.25) is 14.5 Å². The van der Waals surface area contributed by atoms with Gasteiger partial charge in [0.2, 0.25) is 5.91 Å². The Hall–Kier alpha value is -1.64. The molecule has 1 aromatic rings. The molecule has 29 heavy (non-hydrogen) atoms. The third kappa shape index (κ3) is 7.95. The van der Waals surface area contributed by atoms with E-state index in [-0.39, 0.29) is 23.1 Å². The van der Waals surface area contributed by atoms with Crippen LogP contribution in [0.1, 0.15) is 37.1 Å². The molecule has 1 aliphatic rings. The van der Waals surface area contributed by atoms with Crippen molar-refractivity contribution in [2.45, 2.75) is 31.6 Å². The molecule has 0 aromatic heterocycles. The van der Waals surface area contributed by atoms with Crippen LogP contribution in [-0.2, 0) is 19.1 Å². The van der Waals surface area contributed by atoms with Gasteiger partial charge in [0.05, 0.1) is 13.2 Å². The van der Waals surface area contributed by atoms with E-state index in [2.05, 4.69) is 4.90 Å². The number of hydrogen-bond acceptors (Lipinski definition) is 6. The van der Waals surface area contributed by atoms with Crippen LogP contribution in [0.3, 0.4) is 0 Å². The predicted octanol–water partition coefficient (Wildman–Crippen LogP) is 3.08. The number of halogens is 1. The normalized spacial score (nSPS) is 16.4. The van der Waals surface area contributed by atoms with Crippen LogP contribution in [0.2, 0.25) is 0 Å². The second-order valence-electron chi connectivity index (χ2n) is 6.89. The zero-order valence-corrected chi connectivity index (χ0v) is 18.1. The molecule has 1 atom stereocenters. The lowest BCUT2D eigenvalue weighted by molar-refractivity contribution is -0.143. The van der Waals surface area contributed by atoms with E-state index < -0.39 is 0 Å². The van der Waals surface area contributed by atoms with Crippen molar-refractivity contribution in [2.24, 2.45) is 0 Å². The zero-order chi connectivity index (χ0) is 21.1. The van der Waals surface area contributed by atoms with Crippen LogP contribution in [0.5, 0.6) is 0 Å². The highest BCUT2D eigenvalue weighted by Gasteiger charge is 2.31. The van der Waals surface area contributed by atoms with E-state index in [4.69, 9.17) is 9.47 Å². The van der Waals surface area contributed by atoms with Gasteiger partial charge in [-0.1, -0.05) is 12.1 Å². The number of carbonyl (C=O) groups excluding carboxylic acids is 2. The minimum Gasteiger partial charge on any atom is -0.466 e. The first kappa shape index (κ1) is 23.6. The lowest BCUT2D eigenvalue weighted by Crippen LogP contribution is -2.41. The van der Waals surface area contributed by atoms with E-state index in [1.165, 1.54) is 12.1 Å². The first-order chi connectivity index (χ1) is 14.0. The Morgan fingerprint density at radius 2 is 1.97 bits per heavy atom. The Kier molecular flexibility index (Phi) is 10.5. The van der Waals surface area contributed by atoms with E-state index in [0.29, 0.717) is 45.7 Å². The van der Waals surface area contributed by atoms with E-state index in [9.17, 15) is 14.0 Å². The van der Waals surface area contributed by atoms with Crippen LogP contribution in [0.15, 0.2) is 24.3 Å². The van der Waals surface area contributed by atoms with E-state index in [1.807, 2.05) is 4.90 Å². The van der Waals surface area contributed by atoms with Gasteiger partial charge in [0.1, 0.15) is 11.2 Å². The molecular weight excluding hydrogens is 395 g/mol. The summed E-state index contributed by atoms with van der Waals surface area (Å²) in [7, 11) is 1.66. The summed E-state index contributed by atoms with van der Waals surface area (Å²) in [6, 6.07) is 6.36. The van der Waals surface area contributed by atoms with Gasteiger partial charge in [0.15, 0.2) is 0 Å². The van der Waals surface area contributed by atoms with Crippen LogP contribution in [0.25, 0.3) is 0 Å². The highest BCUT2D eigenvalue weighted by atomic mass is 32.2. The molecule has 0 N–H and O–H groups in total. The Labute approximate surface area is 176 Å². The quantitative estimate of drug-likeness (QED) is 0.378. The monoisotopic (exact) mass is 426 g/mol. The van der Waals surface area contributed by atoms with Crippen LogP contribution in [0, 0.1) is 5.82 Å². The van der Waals surface area contributed by atoms with Crippen molar-refractivity contribution >= 4 is 23.6 Å². The van der Waals surface area contributed by atoms with E-state index in [0.717, 1.165) is 24.3 Å². The second kappa shape index (κ2) is 12.8. The van der Waals surface area contributed by atoms with Crippen molar-refractivity contribution in [3.05, 3.63) is 35.6 Å². The Bertz CT molecular complexity index is 644. The number of thioether (sulfide) groups is 1. The molecule has 0 aliphatic carbocycles. The molecule has 1 saturated heterocycles. The average molecular weight is 427 g/mol. The maximum absolute atomic E-state index is 13.2. The average Bonchev–Trinajstić information content (AvgIpc) is 3.19. The molecule has 1 aromatic carbocycles. The molecule has 8 heteroatoms. The van der Waals surface area contributed by atoms with E-state index >= 15 is 0 Å². The number of esters is 1. The SMILES string of the molecule is CCOC(=O)CCCN(CCCOC)CC(=O)N1CCSC1c1ccc(F)cc1. The summed E-state index contributed by atoms with van der Waals surface area (Å²) in [6.07, 6.45) is 1.81. The lowest BCUT2D eigenvalue weighted by Gasteiger charge is -2.28. The summed E-state index contributed by atoms with van der Waals surface area (Å²) in [6.45, 7) is 5.15. The summed E-state index contributed by atoms with van der Waals surface area (Å²) in [5.74, 6) is 0.432. The molecule has 2 rings (SSSR count). The number of hydrogen-bond donors (Lipinski definition) is 0. The predicted molar refractivity (Wildman–Crippen MR) is 112 cm³/mol. The fourth-order valence-corrected chi connectivity index (χ4v) is 4.57. The van der Waals surface area contributed by atoms with Crippen molar-refractivity contribution in [1.29, 1.82) is 0 Å². The summed E-state index contributed by atoms with van der Waals surface area (Å²) in [5.41, 5.74) is 0.940. The fourth-order valence-electron chi connectivity index (χ4n) is 3.29. The maximum atomic E-state index is 13.2. The minimum absolute atomic E-state index is 0.0536. The van der Waals surface area contributed by atoms with Crippen LogP contribution >= 0.6 is 11.8 Å². The zero-order valence-electron chi connectivity index (χ0n) is 17.3. The molecule has 0 spiro atoms. The molecule has 162 valence electrons. The minimum atomic E-state index is -0.277. The fraction of sp³-hybridized carbons (Fsp3) is 0.619. The van der Waals surface area contributed by atoms with Crippen LogP contribution in [-0.4, -0.2) is 73.9 Å². The number of amides is 1. The van der Waals surface area contributed by atoms with Crippen molar-refractivity contribution < 1.29 is 23.5 Å². The molecule has 1 amide bonds. The Balaban J connectivity index is 1.93. The van der Waals surface area contributed by atoms with Crippen LogP contribution < -0.4 is 0 Å². The van der Waals surface area contributed by atoms with Gasteiger partial charge >= 0.3 is 5.97 Å². The smallest absolute Gasteiger partial charge is 0.305 e. The molecule has 1 unspecified atom stereocenters. The molecule has 1 fully saturated rings. The van der Waals surface area contributed by atoms with Crippen LogP contribution in [0.4, 0.5) is 4.39 Å². The van der Waals surface area contributed by atoms with Gasteiger partial charge in [-0.2, -0.15) is 0 Å². The number of benzene rings is 1. The van der Waals surface area contributed by atoms with Gasteiger partial charge in [0, 0.05) is 39.0 Å². The first-order valence-corrected chi connectivity index (χ1v) is 11.1. The molecule has 0 saturated carbocycles. The Morgan fingerprint density at radius 3 is 2.66 bits per heavy atom. The third-order valence-electron chi connectivity index (χ3n) is 4.71. The summed E-state index contributed by atoms with van der Waals surface area (Å²) in [4.78, 5) is 28.5. The number of rotatable bonds is 12. The van der Waals surface area contributed by atoms with E-state index in [1.54, 1.807) is 37.9 Å². The third-order valence-corrected chi connectivity index (χ3v) is 5.97. The summed E-state index contributed by atoms with van der Waals surface area (Å²) >= 11 is 1.70. The number of carbonyl (C=O) groups is 2. The molecule has 0 bridgehead atoms. The number of methoxy groups -OCH3 is 1. The van der Waals surface area contributed by atoms with Gasteiger partial charge < -0.3 is 14.4 Å². The van der Waals surface area contributed by atoms with Gasteiger partial charge in [-0.15, -0.1) is 11.8 Å². The second-order valence-corrected chi connectivity index (χ2v) is 8.08. The van der Waals surface area contributed by atoms with Crippen molar-refractivity contribution in [1.82, 2.24) is 9.80 Å². The number of ether oxygens (including phenoxy) is 2. The van der Waals surface area contributed by atoms with Crippen molar-refractivity contribution in [3.8, 4) is 0 Å². The first-order valence-electron chi connectivity index (χ1n) is 10.1. The van der Waals surface area contributed by atoms with Gasteiger partial charge in [-0.25, -0.2) is 4.39 Å². The highest BCUT2D eigenvalue weighted by Crippen LogP contribution is 2.37. The highest BCUT2D eigenvalue weighted by molar-refractivity contribution is 7.99.